The molecule has 0 saturated heterocycles. The molecule has 2 aromatic rings. The summed E-state index contributed by atoms with van der Waals surface area (Å²) < 4.78 is 19.8. The highest BCUT2D eigenvalue weighted by Gasteiger charge is 2.17. The van der Waals surface area contributed by atoms with Gasteiger partial charge in [0.25, 0.3) is 0 Å². The van der Waals surface area contributed by atoms with Crippen LogP contribution >= 0.6 is 15.9 Å². The van der Waals surface area contributed by atoms with Gasteiger partial charge in [0.15, 0.2) is 5.69 Å². The number of carbonyl (C=O) groups is 1. The molecule has 0 spiro atoms. The third kappa shape index (κ3) is 1.59. The average molecular weight is 287 g/mol. The lowest BCUT2D eigenvalue weighted by Gasteiger charge is -2.03. The van der Waals surface area contributed by atoms with Crippen molar-refractivity contribution < 1.29 is 13.9 Å². The maximum Gasteiger partial charge on any atom is 0.358 e. The van der Waals surface area contributed by atoms with Crippen molar-refractivity contribution in [1.82, 2.24) is 9.38 Å². The zero-order valence-corrected chi connectivity index (χ0v) is 10.2. The number of nitrogens with zero attached hydrogens (tertiary/aromatic N) is 2. The number of hydrogen-bond acceptors (Lipinski definition) is 3. The van der Waals surface area contributed by atoms with Crippen molar-refractivity contribution >= 4 is 27.4 Å². The number of hydrogen-bond donors (Lipinski definition) is 0. The van der Waals surface area contributed by atoms with Crippen LogP contribution in [0.5, 0.6) is 0 Å². The Balaban J connectivity index is 2.83. The van der Waals surface area contributed by atoms with Crippen molar-refractivity contribution in [3.05, 3.63) is 34.1 Å². The Morgan fingerprint density at radius 1 is 1.62 bits per heavy atom. The Hall–Kier alpha value is -1.43. The van der Waals surface area contributed by atoms with Crippen LogP contribution in [-0.2, 0) is 4.74 Å². The van der Waals surface area contributed by atoms with Crippen molar-refractivity contribution in [2.24, 2.45) is 0 Å². The summed E-state index contributed by atoms with van der Waals surface area (Å²) in [5.41, 5.74) is 1.02. The van der Waals surface area contributed by atoms with E-state index >= 15 is 0 Å². The maximum atomic E-state index is 13.6. The molecule has 4 nitrogen and oxygen atoms in total. The first-order valence-electron chi connectivity index (χ1n) is 4.46. The summed E-state index contributed by atoms with van der Waals surface area (Å²) in [6.45, 7) is 1.68. The van der Waals surface area contributed by atoms with E-state index < -0.39 is 11.9 Å². The van der Waals surface area contributed by atoms with Crippen LogP contribution in [-0.4, -0.2) is 22.5 Å². The highest BCUT2D eigenvalue weighted by Crippen LogP contribution is 2.23. The molecule has 0 bridgehead atoms. The summed E-state index contributed by atoms with van der Waals surface area (Å²) in [5, 5.41) is 0. The van der Waals surface area contributed by atoms with E-state index in [-0.39, 0.29) is 10.2 Å². The molecule has 2 rings (SSSR count). The molecule has 0 radical (unpaired) electrons. The molecular weight excluding hydrogens is 279 g/mol. The standard InChI is InChI=1S/C10H8BrFN2O2/c1-5-4-14-7(3-6(11)9(14)12)8(13-5)10(15)16-2/h3-4H,1-2H3. The number of fused-ring (bicyclic) bond motifs is 1. The van der Waals surface area contributed by atoms with E-state index in [9.17, 15) is 9.18 Å². The van der Waals surface area contributed by atoms with Crippen LogP contribution in [0, 0.1) is 12.9 Å². The number of aryl methyl sites for hydroxylation is 1. The Morgan fingerprint density at radius 2 is 2.31 bits per heavy atom. The minimum absolute atomic E-state index is 0.104. The average Bonchev–Trinajstić information content (AvgIpc) is 2.54. The molecule has 0 unspecified atom stereocenters. The summed E-state index contributed by atoms with van der Waals surface area (Å²) in [5.74, 6) is -1.05. The van der Waals surface area contributed by atoms with E-state index in [1.54, 1.807) is 6.92 Å². The van der Waals surface area contributed by atoms with Gasteiger partial charge < -0.3 is 4.74 Å². The highest BCUT2D eigenvalue weighted by atomic mass is 79.9. The van der Waals surface area contributed by atoms with Gasteiger partial charge >= 0.3 is 5.97 Å². The molecule has 0 amide bonds. The van der Waals surface area contributed by atoms with Crippen molar-refractivity contribution in [2.75, 3.05) is 7.11 Å². The lowest BCUT2D eigenvalue weighted by atomic mass is 10.3. The van der Waals surface area contributed by atoms with E-state index in [0.717, 1.165) is 0 Å². The molecule has 0 aliphatic carbocycles. The summed E-state index contributed by atoms with van der Waals surface area (Å²) in [6.07, 6.45) is 1.52. The number of rotatable bonds is 1. The van der Waals surface area contributed by atoms with Crippen molar-refractivity contribution in [3.63, 3.8) is 0 Å². The van der Waals surface area contributed by atoms with Crippen LogP contribution in [0.2, 0.25) is 0 Å². The van der Waals surface area contributed by atoms with Gasteiger partial charge in [0.2, 0.25) is 5.95 Å². The molecule has 2 heterocycles. The lowest BCUT2D eigenvalue weighted by molar-refractivity contribution is 0.0595. The van der Waals surface area contributed by atoms with Gasteiger partial charge in [-0.25, -0.2) is 9.78 Å². The fraction of sp³-hybridized carbons (Fsp3) is 0.200. The van der Waals surface area contributed by atoms with Gasteiger partial charge in [0.1, 0.15) is 0 Å². The summed E-state index contributed by atoms with van der Waals surface area (Å²) in [4.78, 5) is 15.5. The minimum Gasteiger partial charge on any atom is -0.464 e. The fourth-order valence-corrected chi connectivity index (χ4v) is 1.88. The number of ether oxygens (including phenoxy) is 1. The van der Waals surface area contributed by atoms with Crippen LogP contribution in [0.15, 0.2) is 16.7 Å². The molecule has 0 aromatic carbocycles. The Morgan fingerprint density at radius 3 is 2.94 bits per heavy atom. The van der Waals surface area contributed by atoms with Crippen LogP contribution in [0.25, 0.3) is 5.52 Å². The van der Waals surface area contributed by atoms with Crippen LogP contribution in [0.1, 0.15) is 16.2 Å². The monoisotopic (exact) mass is 286 g/mol. The molecule has 0 atom stereocenters. The quantitative estimate of drug-likeness (QED) is 0.756. The molecule has 0 aliphatic rings. The molecule has 0 aliphatic heterocycles. The molecule has 6 heteroatoms. The van der Waals surface area contributed by atoms with Crippen LogP contribution < -0.4 is 0 Å². The maximum absolute atomic E-state index is 13.6. The van der Waals surface area contributed by atoms with E-state index in [1.807, 2.05) is 0 Å². The van der Waals surface area contributed by atoms with Crippen LogP contribution in [0.3, 0.4) is 0 Å². The van der Waals surface area contributed by atoms with E-state index in [2.05, 4.69) is 25.7 Å². The fourth-order valence-electron chi connectivity index (χ4n) is 1.47. The SMILES string of the molecule is COC(=O)c1nc(C)cn2c(F)c(Br)cc12. The predicted octanol–water partition coefficient (Wildman–Crippen LogP) is 2.33. The van der Waals surface area contributed by atoms with Crippen molar-refractivity contribution in [3.8, 4) is 0 Å². The van der Waals surface area contributed by atoms with Crippen molar-refractivity contribution in [2.45, 2.75) is 6.92 Å². The predicted molar refractivity (Wildman–Crippen MR) is 58.9 cm³/mol. The van der Waals surface area contributed by atoms with Crippen LogP contribution in [0.4, 0.5) is 4.39 Å². The lowest BCUT2D eigenvalue weighted by Crippen LogP contribution is -2.08. The molecule has 0 fully saturated rings. The van der Waals surface area contributed by atoms with Crippen molar-refractivity contribution in [1.29, 1.82) is 0 Å². The van der Waals surface area contributed by atoms with Gasteiger partial charge in [-0.05, 0) is 28.9 Å². The van der Waals surface area contributed by atoms with Gasteiger partial charge in [0.05, 0.1) is 22.8 Å². The Labute approximate surface area is 99.2 Å². The second-order valence-corrected chi connectivity index (χ2v) is 4.12. The van der Waals surface area contributed by atoms with Gasteiger partial charge in [0, 0.05) is 6.20 Å². The first-order chi connectivity index (χ1) is 7.54. The third-order valence-corrected chi connectivity index (χ3v) is 2.71. The normalized spacial score (nSPS) is 10.8. The second-order valence-electron chi connectivity index (χ2n) is 3.26. The molecule has 84 valence electrons. The van der Waals surface area contributed by atoms with Gasteiger partial charge in [-0.15, -0.1) is 0 Å². The number of methoxy groups -OCH3 is 1. The number of halogens is 2. The van der Waals surface area contributed by atoms with Gasteiger partial charge in [-0.1, -0.05) is 0 Å². The van der Waals surface area contributed by atoms with E-state index in [0.29, 0.717) is 11.2 Å². The molecule has 16 heavy (non-hydrogen) atoms. The first kappa shape index (κ1) is 11.1. The minimum atomic E-state index is -0.585. The number of aromatic nitrogens is 2. The van der Waals surface area contributed by atoms with E-state index in [1.165, 1.54) is 23.8 Å². The highest BCUT2D eigenvalue weighted by molar-refractivity contribution is 9.10. The second kappa shape index (κ2) is 3.86. The zero-order valence-electron chi connectivity index (χ0n) is 8.62. The van der Waals surface area contributed by atoms with Gasteiger partial charge in [-0.3, -0.25) is 4.40 Å². The largest absolute Gasteiger partial charge is 0.464 e. The molecular formula is C10H8BrFN2O2. The zero-order chi connectivity index (χ0) is 11.9. The third-order valence-electron chi connectivity index (χ3n) is 2.16. The molecule has 2 aromatic heterocycles. The Kier molecular flexibility index (Phi) is 2.67. The van der Waals surface area contributed by atoms with Gasteiger partial charge in [-0.2, -0.15) is 4.39 Å². The van der Waals surface area contributed by atoms with E-state index in [4.69, 9.17) is 0 Å². The summed E-state index contributed by atoms with van der Waals surface area (Å²) in [7, 11) is 1.26. The number of esters is 1. The first-order valence-corrected chi connectivity index (χ1v) is 5.26. The molecule has 0 N–H and O–H groups in total. The summed E-state index contributed by atoms with van der Waals surface area (Å²) >= 11 is 3.06. The molecule has 0 saturated carbocycles. The topological polar surface area (TPSA) is 43.6 Å². The summed E-state index contributed by atoms with van der Waals surface area (Å²) in [6, 6.07) is 1.49. The Bertz CT molecular complexity index is 580. The number of carbonyl (C=O) groups excluding carboxylic acids is 1. The smallest absolute Gasteiger partial charge is 0.358 e.